The minimum absolute atomic E-state index is 0.537. The third-order valence-electron chi connectivity index (χ3n) is 1.83. The Balaban J connectivity index is 2.45. The molecule has 0 saturated heterocycles. The van der Waals surface area contributed by atoms with Crippen LogP contribution in [0.2, 0.25) is 5.02 Å². The maximum Gasteiger partial charge on any atom is 0.126 e. The normalized spacial score (nSPS) is 10.4. The molecule has 78 valence electrons. The first-order valence-corrected chi connectivity index (χ1v) is 5.09. The molecule has 0 atom stereocenters. The summed E-state index contributed by atoms with van der Waals surface area (Å²) in [6.07, 6.45) is 3.34. The standard InChI is InChI=1S/C10H15ClN2O/c1-2-4-14-5-3-8-6-9(11)7-13-10(8)12/h6-7H,2-5H2,1H3,(H2,12,13). The molecule has 0 fully saturated rings. The van der Waals surface area contributed by atoms with E-state index in [0.29, 0.717) is 17.4 Å². The number of hydrogen-bond donors (Lipinski definition) is 1. The summed E-state index contributed by atoms with van der Waals surface area (Å²) in [6, 6.07) is 1.83. The van der Waals surface area contributed by atoms with Crippen LogP contribution in [0.15, 0.2) is 12.3 Å². The van der Waals surface area contributed by atoms with Gasteiger partial charge in [0.2, 0.25) is 0 Å². The van der Waals surface area contributed by atoms with Crippen molar-refractivity contribution < 1.29 is 4.74 Å². The minimum Gasteiger partial charge on any atom is -0.383 e. The largest absolute Gasteiger partial charge is 0.383 e. The van der Waals surface area contributed by atoms with Crippen LogP contribution >= 0.6 is 11.6 Å². The van der Waals surface area contributed by atoms with Crippen LogP contribution in [0.5, 0.6) is 0 Å². The lowest BCUT2D eigenvalue weighted by Gasteiger charge is -2.05. The van der Waals surface area contributed by atoms with Crippen molar-refractivity contribution in [1.29, 1.82) is 0 Å². The van der Waals surface area contributed by atoms with E-state index in [0.717, 1.165) is 25.0 Å². The zero-order valence-corrected chi connectivity index (χ0v) is 9.05. The Morgan fingerprint density at radius 1 is 1.50 bits per heavy atom. The van der Waals surface area contributed by atoms with Crippen LogP contribution in [0, 0.1) is 0 Å². The van der Waals surface area contributed by atoms with E-state index in [4.69, 9.17) is 22.1 Å². The van der Waals surface area contributed by atoms with Crippen LogP contribution in [0.3, 0.4) is 0 Å². The molecule has 1 aromatic heterocycles. The maximum absolute atomic E-state index is 5.80. The Hall–Kier alpha value is -0.800. The lowest BCUT2D eigenvalue weighted by atomic mass is 10.2. The highest BCUT2D eigenvalue weighted by molar-refractivity contribution is 6.30. The van der Waals surface area contributed by atoms with Gasteiger partial charge in [-0.25, -0.2) is 4.98 Å². The van der Waals surface area contributed by atoms with E-state index >= 15 is 0 Å². The van der Waals surface area contributed by atoms with Gasteiger partial charge in [-0.15, -0.1) is 0 Å². The van der Waals surface area contributed by atoms with E-state index in [1.54, 1.807) is 6.20 Å². The molecule has 0 unspecified atom stereocenters. The van der Waals surface area contributed by atoms with E-state index in [2.05, 4.69) is 11.9 Å². The van der Waals surface area contributed by atoms with Gasteiger partial charge in [-0.2, -0.15) is 0 Å². The first kappa shape index (κ1) is 11.3. The van der Waals surface area contributed by atoms with Gasteiger partial charge in [0, 0.05) is 12.8 Å². The Labute approximate surface area is 89.2 Å². The smallest absolute Gasteiger partial charge is 0.126 e. The average Bonchev–Trinajstić information content (AvgIpc) is 2.18. The van der Waals surface area contributed by atoms with Gasteiger partial charge >= 0.3 is 0 Å². The van der Waals surface area contributed by atoms with Gasteiger partial charge in [0.1, 0.15) is 5.82 Å². The van der Waals surface area contributed by atoms with Crippen LogP contribution in [0.25, 0.3) is 0 Å². The molecule has 0 amide bonds. The van der Waals surface area contributed by atoms with E-state index in [9.17, 15) is 0 Å². The lowest BCUT2D eigenvalue weighted by molar-refractivity contribution is 0.138. The van der Waals surface area contributed by atoms with Gasteiger partial charge in [-0.3, -0.25) is 0 Å². The number of aromatic nitrogens is 1. The van der Waals surface area contributed by atoms with Crippen LogP contribution in [0.1, 0.15) is 18.9 Å². The van der Waals surface area contributed by atoms with Gasteiger partial charge in [-0.05, 0) is 24.5 Å². The molecule has 4 heteroatoms. The van der Waals surface area contributed by atoms with Gasteiger partial charge in [-0.1, -0.05) is 18.5 Å². The van der Waals surface area contributed by atoms with Gasteiger partial charge in [0.15, 0.2) is 0 Å². The molecule has 0 saturated carbocycles. The zero-order valence-electron chi connectivity index (χ0n) is 8.29. The molecule has 2 N–H and O–H groups in total. The highest BCUT2D eigenvalue weighted by atomic mass is 35.5. The second-order valence-electron chi connectivity index (χ2n) is 3.06. The molecular formula is C10H15ClN2O. The average molecular weight is 215 g/mol. The Kier molecular flexibility index (Phi) is 4.70. The Bertz CT molecular complexity index is 291. The van der Waals surface area contributed by atoms with Gasteiger partial charge in [0.25, 0.3) is 0 Å². The molecule has 0 radical (unpaired) electrons. The van der Waals surface area contributed by atoms with Crippen molar-refractivity contribution >= 4 is 17.4 Å². The molecule has 0 aliphatic heterocycles. The number of anilines is 1. The summed E-state index contributed by atoms with van der Waals surface area (Å²) in [4.78, 5) is 3.97. The van der Waals surface area contributed by atoms with Crippen molar-refractivity contribution in [3.8, 4) is 0 Å². The Morgan fingerprint density at radius 3 is 3.00 bits per heavy atom. The number of rotatable bonds is 5. The van der Waals surface area contributed by atoms with Gasteiger partial charge < -0.3 is 10.5 Å². The lowest BCUT2D eigenvalue weighted by Crippen LogP contribution is -2.03. The van der Waals surface area contributed by atoms with E-state index < -0.39 is 0 Å². The van der Waals surface area contributed by atoms with Crippen molar-refractivity contribution in [2.24, 2.45) is 0 Å². The number of pyridine rings is 1. The van der Waals surface area contributed by atoms with Crippen molar-refractivity contribution in [2.45, 2.75) is 19.8 Å². The first-order valence-electron chi connectivity index (χ1n) is 4.71. The highest BCUT2D eigenvalue weighted by Crippen LogP contribution is 2.15. The summed E-state index contributed by atoms with van der Waals surface area (Å²) in [5.41, 5.74) is 6.63. The molecule has 14 heavy (non-hydrogen) atoms. The molecular weight excluding hydrogens is 200 g/mol. The summed E-state index contributed by atoms with van der Waals surface area (Å²) in [6.45, 7) is 3.53. The fourth-order valence-electron chi connectivity index (χ4n) is 1.12. The molecule has 0 aliphatic carbocycles. The van der Waals surface area contributed by atoms with Crippen molar-refractivity contribution in [3.63, 3.8) is 0 Å². The number of ether oxygens (including phenoxy) is 1. The third kappa shape index (κ3) is 3.52. The number of hydrogen-bond acceptors (Lipinski definition) is 3. The quantitative estimate of drug-likeness (QED) is 0.766. The summed E-state index contributed by atoms with van der Waals surface area (Å²) in [5.74, 6) is 0.537. The van der Waals surface area contributed by atoms with Crippen molar-refractivity contribution in [2.75, 3.05) is 18.9 Å². The predicted octanol–water partition coefficient (Wildman–Crippen LogP) is 2.29. The number of nitrogen functional groups attached to an aromatic ring is 1. The molecule has 0 bridgehead atoms. The predicted molar refractivity (Wildman–Crippen MR) is 58.5 cm³/mol. The number of nitrogens with two attached hydrogens (primary N) is 1. The van der Waals surface area contributed by atoms with Crippen LogP contribution in [-0.4, -0.2) is 18.2 Å². The minimum atomic E-state index is 0.537. The molecule has 1 aromatic rings. The van der Waals surface area contributed by atoms with Crippen LogP contribution < -0.4 is 5.73 Å². The summed E-state index contributed by atoms with van der Waals surface area (Å²) in [5, 5.41) is 0.615. The second-order valence-corrected chi connectivity index (χ2v) is 3.50. The molecule has 0 aliphatic rings. The fraction of sp³-hybridized carbons (Fsp3) is 0.500. The second kappa shape index (κ2) is 5.83. The summed E-state index contributed by atoms with van der Waals surface area (Å²) < 4.78 is 5.36. The third-order valence-corrected chi connectivity index (χ3v) is 2.04. The molecule has 1 heterocycles. The number of nitrogens with zero attached hydrogens (tertiary/aromatic N) is 1. The topological polar surface area (TPSA) is 48.1 Å². The summed E-state index contributed by atoms with van der Waals surface area (Å²) >= 11 is 5.80. The first-order chi connectivity index (χ1) is 6.74. The maximum atomic E-state index is 5.80. The van der Waals surface area contributed by atoms with Crippen molar-refractivity contribution in [3.05, 3.63) is 22.8 Å². The molecule has 0 aromatic carbocycles. The molecule has 3 nitrogen and oxygen atoms in total. The van der Waals surface area contributed by atoms with Gasteiger partial charge in [0.05, 0.1) is 11.6 Å². The van der Waals surface area contributed by atoms with Crippen LogP contribution in [-0.2, 0) is 11.2 Å². The highest BCUT2D eigenvalue weighted by Gasteiger charge is 2.01. The Morgan fingerprint density at radius 2 is 2.29 bits per heavy atom. The zero-order chi connectivity index (χ0) is 10.4. The number of halogens is 1. The van der Waals surface area contributed by atoms with E-state index in [1.807, 2.05) is 6.07 Å². The monoisotopic (exact) mass is 214 g/mol. The fourth-order valence-corrected chi connectivity index (χ4v) is 1.30. The van der Waals surface area contributed by atoms with E-state index in [1.165, 1.54) is 0 Å². The van der Waals surface area contributed by atoms with E-state index in [-0.39, 0.29) is 0 Å². The van der Waals surface area contributed by atoms with Crippen molar-refractivity contribution in [1.82, 2.24) is 4.98 Å². The molecule has 0 spiro atoms. The SMILES string of the molecule is CCCOCCc1cc(Cl)cnc1N. The van der Waals surface area contributed by atoms with Crippen LogP contribution in [0.4, 0.5) is 5.82 Å². The molecule has 1 rings (SSSR count). The summed E-state index contributed by atoms with van der Waals surface area (Å²) in [7, 11) is 0.